The minimum Gasteiger partial charge on any atom is -0.358 e. The van der Waals surface area contributed by atoms with Gasteiger partial charge in [0.05, 0.1) is 0 Å². The van der Waals surface area contributed by atoms with Gasteiger partial charge in [0, 0.05) is 60.1 Å². The summed E-state index contributed by atoms with van der Waals surface area (Å²) >= 11 is 0. The van der Waals surface area contributed by atoms with E-state index in [1.807, 2.05) is 13.1 Å². The van der Waals surface area contributed by atoms with Crippen LogP contribution in [0.4, 0.5) is 0 Å². The number of nitrogens with zero attached hydrogens (tertiary/aromatic N) is 3. The highest BCUT2D eigenvalue weighted by Gasteiger charge is 2.20. The molecule has 0 fully saturated rings. The molecule has 3 aromatic rings. The van der Waals surface area contributed by atoms with Crippen molar-refractivity contribution in [2.45, 2.75) is 33.4 Å². The first-order valence-corrected chi connectivity index (χ1v) is 7.80. The van der Waals surface area contributed by atoms with E-state index in [4.69, 9.17) is 0 Å². The molecule has 4 rings (SSSR count). The van der Waals surface area contributed by atoms with Crippen LogP contribution in [0.1, 0.15) is 28.3 Å². The Kier molecular flexibility index (Phi) is 3.19. The Bertz CT molecular complexity index is 834. The minimum absolute atomic E-state index is 0.875. The Morgan fingerprint density at radius 1 is 1.23 bits per heavy atom. The molecule has 22 heavy (non-hydrogen) atoms. The predicted molar refractivity (Wildman–Crippen MR) is 87.6 cm³/mol. The molecule has 0 amide bonds. The van der Waals surface area contributed by atoms with Crippen molar-refractivity contribution in [1.82, 2.24) is 19.9 Å². The highest BCUT2D eigenvalue weighted by atomic mass is 15.1. The molecule has 0 radical (unpaired) electrons. The molecular weight excluding hydrogens is 272 g/mol. The molecule has 0 aliphatic carbocycles. The number of nitrogens with one attached hydrogen (secondary N) is 1. The van der Waals surface area contributed by atoms with Crippen LogP contribution in [0.2, 0.25) is 0 Å². The highest BCUT2D eigenvalue weighted by molar-refractivity contribution is 5.84. The summed E-state index contributed by atoms with van der Waals surface area (Å²) in [7, 11) is 0. The number of para-hydroxylation sites is 1. The topological polar surface area (TPSA) is 44.8 Å². The van der Waals surface area contributed by atoms with E-state index in [0.717, 1.165) is 31.9 Å². The van der Waals surface area contributed by atoms with Crippen molar-refractivity contribution in [3.63, 3.8) is 0 Å². The zero-order valence-corrected chi connectivity index (χ0v) is 13.1. The number of hydrogen-bond acceptors (Lipinski definition) is 3. The molecule has 0 bridgehead atoms. The van der Waals surface area contributed by atoms with Crippen molar-refractivity contribution in [1.29, 1.82) is 0 Å². The van der Waals surface area contributed by atoms with Gasteiger partial charge in [-0.2, -0.15) is 0 Å². The Balaban J connectivity index is 1.61. The third-order valence-corrected chi connectivity index (χ3v) is 4.54. The first kappa shape index (κ1) is 13.5. The van der Waals surface area contributed by atoms with Crippen molar-refractivity contribution < 1.29 is 0 Å². The normalized spacial score (nSPS) is 15.2. The van der Waals surface area contributed by atoms with Crippen molar-refractivity contribution in [2.24, 2.45) is 0 Å². The van der Waals surface area contributed by atoms with E-state index in [1.165, 1.54) is 33.4 Å². The van der Waals surface area contributed by atoms with Gasteiger partial charge in [0.2, 0.25) is 0 Å². The van der Waals surface area contributed by atoms with E-state index in [1.54, 1.807) is 0 Å². The standard InChI is InChI=1S/C18H20N4/c1-12-16(15-5-3-4-6-18(15)20-12)11-22-8-7-17-14(10-22)9-19-13(2)21-17/h3-6,9,20H,7-8,10-11H2,1-2H3. The van der Waals surface area contributed by atoms with Crippen molar-refractivity contribution in [3.8, 4) is 0 Å². The van der Waals surface area contributed by atoms with Crippen molar-refractivity contribution >= 4 is 10.9 Å². The first-order chi connectivity index (χ1) is 10.7. The molecule has 1 aromatic carbocycles. The number of aromatic amines is 1. The fourth-order valence-corrected chi connectivity index (χ4v) is 3.37. The second kappa shape index (κ2) is 5.21. The molecule has 1 aliphatic heterocycles. The van der Waals surface area contributed by atoms with Crippen LogP contribution in [-0.4, -0.2) is 26.4 Å². The summed E-state index contributed by atoms with van der Waals surface area (Å²) in [6, 6.07) is 8.55. The van der Waals surface area contributed by atoms with Gasteiger partial charge in [0.1, 0.15) is 5.82 Å². The van der Waals surface area contributed by atoms with Gasteiger partial charge in [-0.3, -0.25) is 4.90 Å². The van der Waals surface area contributed by atoms with Crippen LogP contribution in [0.15, 0.2) is 30.5 Å². The van der Waals surface area contributed by atoms with Gasteiger partial charge in [0.25, 0.3) is 0 Å². The number of rotatable bonds is 2. The lowest BCUT2D eigenvalue weighted by Crippen LogP contribution is -2.31. The van der Waals surface area contributed by atoms with E-state index in [9.17, 15) is 0 Å². The van der Waals surface area contributed by atoms with Crippen LogP contribution >= 0.6 is 0 Å². The van der Waals surface area contributed by atoms with Gasteiger partial charge in [-0.1, -0.05) is 18.2 Å². The average Bonchev–Trinajstić information content (AvgIpc) is 2.83. The summed E-state index contributed by atoms with van der Waals surface area (Å²) in [6.07, 6.45) is 3.01. The minimum atomic E-state index is 0.875. The zero-order chi connectivity index (χ0) is 15.1. The summed E-state index contributed by atoms with van der Waals surface area (Å²) in [5, 5.41) is 1.34. The molecule has 0 saturated heterocycles. The molecule has 3 heterocycles. The summed E-state index contributed by atoms with van der Waals surface area (Å²) < 4.78 is 0. The average molecular weight is 292 g/mol. The van der Waals surface area contributed by atoms with E-state index >= 15 is 0 Å². The van der Waals surface area contributed by atoms with E-state index < -0.39 is 0 Å². The number of aryl methyl sites for hydroxylation is 2. The number of fused-ring (bicyclic) bond motifs is 2. The largest absolute Gasteiger partial charge is 0.358 e. The van der Waals surface area contributed by atoms with Crippen LogP contribution in [0.25, 0.3) is 10.9 Å². The molecule has 1 N–H and O–H groups in total. The van der Waals surface area contributed by atoms with Crippen LogP contribution in [-0.2, 0) is 19.5 Å². The molecule has 2 aromatic heterocycles. The van der Waals surface area contributed by atoms with E-state index in [-0.39, 0.29) is 0 Å². The zero-order valence-electron chi connectivity index (χ0n) is 13.1. The smallest absolute Gasteiger partial charge is 0.125 e. The molecule has 112 valence electrons. The van der Waals surface area contributed by atoms with Crippen LogP contribution in [0.3, 0.4) is 0 Å². The molecule has 0 atom stereocenters. The summed E-state index contributed by atoms with van der Waals surface area (Å²) in [4.78, 5) is 14.9. The lowest BCUT2D eigenvalue weighted by atomic mass is 10.1. The number of hydrogen-bond donors (Lipinski definition) is 1. The summed E-state index contributed by atoms with van der Waals surface area (Å²) in [5.41, 5.74) is 6.40. The Morgan fingerprint density at radius 3 is 3.00 bits per heavy atom. The summed E-state index contributed by atoms with van der Waals surface area (Å²) in [5.74, 6) is 0.875. The third kappa shape index (κ3) is 2.29. The van der Waals surface area contributed by atoms with Crippen LogP contribution in [0, 0.1) is 13.8 Å². The SMILES string of the molecule is Cc1ncc2c(n1)CCN(Cc1c(C)[nH]c3ccccc13)C2. The van der Waals surface area contributed by atoms with Crippen molar-refractivity contribution in [3.05, 3.63) is 58.8 Å². The predicted octanol–water partition coefficient (Wildman–Crippen LogP) is 3.13. The first-order valence-electron chi connectivity index (χ1n) is 7.80. The van der Waals surface area contributed by atoms with Crippen LogP contribution in [0.5, 0.6) is 0 Å². The van der Waals surface area contributed by atoms with Gasteiger partial charge in [-0.15, -0.1) is 0 Å². The fourth-order valence-electron chi connectivity index (χ4n) is 3.37. The third-order valence-electron chi connectivity index (χ3n) is 4.54. The Labute approximate surface area is 130 Å². The maximum Gasteiger partial charge on any atom is 0.125 e. The van der Waals surface area contributed by atoms with Crippen molar-refractivity contribution in [2.75, 3.05) is 6.54 Å². The molecule has 4 heteroatoms. The molecule has 0 spiro atoms. The quantitative estimate of drug-likeness (QED) is 0.789. The van der Waals surface area contributed by atoms with Crippen LogP contribution < -0.4 is 0 Å². The number of aromatic nitrogens is 3. The molecular formula is C18H20N4. The lowest BCUT2D eigenvalue weighted by molar-refractivity contribution is 0.243. The second-order valence-electron chi connectivity index (χ2n) is 6.12. The van der Waals surface area contributed by atoms with E-state index in [2.05, 4.69) is 51.0 Å². The van der Waals surface area contributed by atoms with Gasteiger partial charge in [-0.25, -0.2) is 9.97 Å². The summed E-state index contributed by atoms with van der Waals surface area (Å²) in [6.45, 7) is 7.10. The Morgan fingerprint density at radius 2 is 2.09 bits per heavy atom. The number of benzene rings is 1. The molecule has 1 aliphatic rings. The van der Waals surface area contributed by atoms with Gasteiger partial charge >= 0.3 is 0 Å². The molecule has 4 nitrogen and oxygen atoms in total. The lowest BCUT2D eigenvalue weighted by Gasteiger charge is -2.28. The maximum atomic E-state index is 4.57. The van der Waals surface area contributed by atoms with E-state index in [0.29, 0.717) is 0 Å². The number of H-pyrrole nitrogens is 1. The van der Waals surface area contributed by atoms with Gasteiger partial charge in [0.15, 0.2) is 0 Å². The monoisotopic (exact) mass is 292 g/mol. The fraction of sp³-hybridized carbons (Fsp3) is 0.333. The Hall–Kier alpha value is -2.20. The van der Waals surface area contributed by atoms with Gasteiger partial charge in [-0.05, 0) is 25.5 Å². The molecule has 0 unspecified atom stereocenters. The highest BCUT2D eigenvalue weighted by Crippen LogP contribution is 2.25. The van der Waals surface area contributed by atoms with Gasteiger partial charge < -0.3 is 4.98 Å². The maximum absolute atomic E-state index is 4.57. The second-order valence-corrected chi connectivity index (χ2v) is 6.12. The molecule has 0 saturated carbocycles.